The summed E-state index contributed by atoms with van der Waals surface area (Å²) in [6, 6.07) is 14.4. The van der Waals surface area contributed by atoms with Crippen molar-refractivity contribution in [3.05, 3.63) is 70.6 Å². The third kappa shape index (κ3) is 3.69. The molecule has 0 saturated heterocycles. The average molecular weight is 416 g/mol. The maximum Gasteiger partial charge on any atom is 0.337 e. The van der Waals surface area contributed by atoms with Gasteiger partial charge >= 0.3 is 5.97 Å². The lowest BCUT2D eigenvalue weighted by Gasteiger charge is -2.35. The van der Waals surface area contributed by atoms with Crippen molar-refractivity contribution in [2.75, 3.05) is 0 Å². The number of hydrogen-bond donors (Lipinski definition) is 1. The minimum atomic E-state index is -0.383. The number of carbonyl (C=O) groups excluding carboxylic acids is 2. The molecule has 1 saturated carbocycles. The van der Waals surface area contributed by atoms with Gasteiger partial charge in [0.1, 0.15) is 6.10 Å². The number of rotatable bonds is 3. The maximum atomic E-state index is 13.5. The smallest absolute Gasteiger partial charge is 0.337 e. The fraction of sp³-hybridized carbons (Fsp3) is 0.407. The molecular weight excluding hydrogens is 386 g/mol. The van der Waals surface area contributed by atoms with Crippen LogP contribution in [-0.4, -0.2) is 17.9 Å². The molecule has 2 aliphatic carbocycles. The molecule has 0 amide bonds. The Hall–Kier alpha value is -2.88. The molecule has 5 rings (SSSR count). The van der Waals surface area contributed by atoms with E-state index in [4.69, 9.17) is 4.74 Å². The Kier molecular flexibility index (Phi) is 5.39. The highest BCUT2D eigenvalue weighted by Crippen LogP contribution is 2.44. The van der Waals surface area contributed by atoms with Crippen LogP contribution in [0.3, 0.4) is 0 Å². The number of hydrogen-bond acceptors (Lipinski definition) is 4. The van der Waals surface area contributed by atoms with Crippen LogP contribution in [0, 0.1) is 0 Å². The molecule has 2 aromatic rings. The monoisotopic (exact) mass is 415 g/mol. The first kappa shape index (κ1) is 20.0. The number of Topliss-reactive ketones (excluding diaryl/α,β-unsaturated/α-hetero) is 1. The van der Waals surface area contributed by atoms with Crippen molar-refractivity contribution in [1.82, 2.24) is 5.32 Å². The van der Waals surface area contributed by atoms with E-state index >= 15 is 0 Å². The third-order valence-corrected chi connectivity index (χ3v) is 6.96. The average Bonchev–Trinajstić information content (AvgIpc) is 2.78. The van der Waals surface area contributed by atoms with E-state index in [0.29, 0.717) is 12.0 Å². The van der Waals surface area contributed by atoms with Gasteiger partial charge in [-0.15, -0.1) is 0 Å². The predicted octanol–water partition coefficient (Wildman–Crippen LogP) is 5.68. The Balaban J connectivity index is 1.63. The second-order valence-electron chi connectivity index (χ2n) is 9.00. The lowest BCUT2D eigenvalue weighted by molar-refractivity contribution is -0.146. The van der Waals surface area contributed by atoms with E-state index in [-0.39, 0.29) is 23.8 Å². The first-order valence-electron chi connectivity index (χ1n) is 11.6. The fourth-order valence-electron chi connectivity index (χ4n) is 5.46. The maximum absolute atomic E-state index is 13.5. The summed E-state index contributed by atoms with van der Waals surface area (Å²) in [5.41, 5.74) is 4.14. The van der Waals surface area contributed by atoms with Crippen LogP contribution in [0.2, 0.25) is 0 Å². The summed E-state index contributed by atoms with van der Waals surface area (Å²) in [5, 5.41) is 5.60. The van der Waals surface area contributed by atoms with Gasteiger partial charge in [0.05, 0.1) is 5.57 Å². The van der Waals surface area contributed by atoms with Crippen molar-refractivity contribution in [1.29, 1.82) is 0 Å². The number of nitrogens with one attached hydrogen (secondary N) is 1. The van der Waals surface area contributed by atoms with Crippen molar-refractivity contribution in [3.8, 4) is 0 Å². The normalized spacial score (nSPS) is 22.4. The number of allylic oxidation sites excluding steroid dienone is 3. The van der Waals surface area contributed by atoms with Crippen LogP contribution in [-0.2, 0) is 14.3 Å². The van der Waals surface area contributed by atoms with E-state index in [1.165, 1.54) is 6.42 Å². The molecule has 4 heteroatoms. The van der Waals surface area contributed by atoms with E-state index in [0.717, 1.165) is 71.8 Å². The van der Waals surface area contributed by atoms with Gasteiger partial charge in [-0.05, 0) is 61.8 Å². The number of dihydropyridines is 1. The van der Waals surface area contributed by atoms with Crippen LogP contribution in [0.4, 0.5) is 0 Å². The molecule has 0 bridgehead atoms. The van der Waals surface area contributed by atoms with Crippen LogP contribution in [0.25, 0.3) is 10.8 Å². The highest BCUT2D eigenvalue weighted by Gasteiger charge is 2.40. The highest BCUT2D eigenvalue weighted by molar-refractivity contribution is 6.05. The molecule has 3 aliphatic rings. The zero-order chi connectivity index (χ0) is 21.4. The van der Waals surface area contributed by atoms with Gasteiger partial charge in [-0.3, -0.25) is 4.79 Å². The Morgan fingerprint density at radius 2 is 1.74 bits per heavy atom. The fourth-order valence-corrected chi connectivity index (χ4v) is 5.46. The molecule has 1 aliphatic heterocycles. The lowest BCUT2D eigenvalue weighted by Crippen LogP contribution is -2.35. The summed E-state index contributed by atoms with van der Waals surface area (Å²) in [6.07, 6.45) is 7.48. The second-order valence-corrected chi connectivity index (χ2v) is 9.00. The van der Waals surface area contributed by atoms with Gasteiger partial charge in [0, 0.05) is 29.3 Å². The van der Waals surface area contributed by atoms with Crippen molar-refractivity contribution < 1.29 is 14.3 Å². The predicted molar refractivity (Wildman–Crippen MR) is 121 cm³/mol. The zero-order valence-corrected chi connectivity index (χ0v) is 18.1. The molecule has 0 unspecified atom stereocenters. The van der Waals surface area contributed by atoms with Gasteiger partial charge in [0.15, 0.2) is 5.78 Å². The largest absolute Gasteiger partial charge is 0.459 e. The molecule has 1 fully saturated rings. The summed E-state index contributed by atoms with van der Waals surface area (Å²) >= 11 is 0. The van der Waals surface area contributed by atoms with Crippen molar-refractivity contribution in [3.63, 3.8) is 0 Å². The Labute approximate surface area is 183 Å². The van der Waals surface area contributed by atoms with Gasteiger partial charge in [0.25, 0.3) is 0 Å². The Morgan fingerprint density at radius 1 is 0.968 bits per heavy atom. The van der Waals surface area contributed by atoms with Crippen LogP contribution in [0.15, 0.2) is 65.0 Å². The van der Waals surface area contributed by atoms with Crippen molar-refractivity contribution in [2.24, 2.45) is 0 Å². The first-order valence-corrected chi connectivity index (χ1v) is 11.6. The summed E-state index contributed by atoms with van der Waals surface area (Å²) in [5.74, 6) is -0.520. The molecule has 0 aromatic heterocycles. The number of carbonyl (C=O) groups is 2. The molecule has 0 radical (unpaired) electrons. The Morgan fingerprint density at radius 3 is 2.58 bits per heavy atom. The summed E-state index contributed by atoms with van der Waals surface area (Å²) in [6.45, 7) is 1.94. The first-order chi connectivity index (χ1) is 15.1. The van der Waals surface area contributed by atoms with Crippen molar-refractivity contribution in [2.45, 2.75) is 70.3 Å². The minimum absolute atomic E-state index is 0.0212. The minimum Gasteiger partial charge on any atom is -0.459 e. The molecule has 1 atom stereocenters. The summed E-state index contributed by atoms with van der Waals surface area (Å²) < 4.78 is 6.01. The zero-order valence-electron chi connectivity index (χ0n) is 18.1. The van der Waals surface area contributed by atoms with Gasteiger partial charge in [-0.1, -0.05) is 48.9 Å². The van der Waals surface area contributed by atoms with Crippen LogP contribution < -0.4 is 5.32 Å². The van der Waals surface area contributed by atoms with Gasteiger partial charge in [0.2, 0.25) is 0 Å². The summed E-state index contributed by atoms with van der Waals surface area (Å²) in [7, 11) is 0. The molecule has 2 aromatic carbocycles. The van der Waals surface area contributed by atoms with E-state index in [1.54, 1.807) is 0 Å². The van der Waals surface area contributed by atoms with E-state index in [1.807, 2.05) is 25.1 Å². The molecule has 31 heavy (non-hydrogen) atoms. The number of esters is 1. The van der Waals surface area contributed by atoms with E-state index in [2.05, 4.69) is 29.6 Å². The SMILES string of the molecule is CC1=C(C(=O)OC2CCCCC2)[C@@H](c2cccc3ccccc23)C2=C(CCCC2=O)N1. The topological polar surface area (TPSA) is 55.4 Å². The molecule has 1 N–H and O–H groups in total. The van der Waals surface area contributed by atoms with Crippen LogP contribution in [0.5, 0.6) is 0 Å². The molecule has 0 spiro atoms. The third-order valence-electron chi connectivity index (χ3n) is 6.96. The van der Waals surface area contributed by atoms with Crippen molar-refractivity contribution >= 4 is 22.5 Å². The molecular formula is C27H29NO3. The lowest BCUT2D eigenvalue weighted by atomic mass is 9.74. The summed E-state index contributed by atoms with van der Waals surface area (Å²) in [4.78, 5) is 26.7. The number of ketones is 1. The quantitative estimate of drug-likeness (QED) is 0.655. The molecule has 160 valence electrons. The highest BCUT2D eigenvalue weighted by atomic mass is 16.5. The number of ether oxygens (including phenoxy) is 1. The Bertz CT molecular complexity index is 1100. The van der Waals surface area contributed by atoms with Crippen LogP contribution >= 0.6 is 0 Å². The standard InChI is InChI=1S/C27H29NO3/c1-17-24(27(30)31-19-11-3-2-4-12-19)25(26-22(28-17)15-8-16-23(26)29)21-14-7-10-18-9-5-6-13-20(18)21/h5-7,9-10,13-14,19,25,28H,2-4,8,11-12,15-16H2,1H3/t25-/m1/s1. The molecule has 4 nitrogen and oxygen atoms in total. The van der Waals surface area contributed by atoms with Gasteiger partial charge < -0.3 is 10.1 Å². The van der Waals surface area contributed by atoms with E-state index < -0.39 is 0 Å². The molecule has 1 heterocycles. The van der Waals surface area contributed by atoms with Gasteiger partial charge in [-0.2, -0.15) is 0 Å². The van der Waals surface area contributed by atoms with E-state index in [9.17, 15) is 9.59 Å². The second kappa shape index (κ2) is 8.33. The van der Waals surface area contributed by atoms with Gasteiger partial charge in [-0.25, -0.2) is 4.79 Å². The number of fused-ring (bicyclic) bond motifs is 1. The van der Waals surface area contributed by atoms with Crippen LogP contribution in [0.1, 0.15) is 69.8 Å². The number of benzene rings is 2.